The highest BCUT2D eigenvalue weighted by molar-refractivity contribution is 5.91. The standard InChI is InChI=1S/C12H15N3/c1-8-11(13)9-6-4-5-7-10(9)14-12(8)15(2)3/h4-7H,1-3H3,(H2,13,14)/p+1. The molecule has 0 unspecified atom stereocenters. The van der Waals surface area contributed by atoms with Crippen LogP contribution in [0.25, 0.3) is 10.9 Å². The van der Waals surface area contributed by atoms with Crippen molar-refractivity contribution in [2.75, 3.05) is 24.7 Å². The molecule has 0 aliphatic heterocycles. The third-order valence-electron chi connectivity index (χ3n) is 2.68. The third kappa shape index (κ3) is 1.50. The number of pyridine rings is 1. The van der Waals surface area contributed by atoms with Crippen molar-refractivity contribution in [1.82, 2.24) is 0 Å². The summed E-state index contributed by atoms with van der Waals surface area (Å²) >= 11 is 0. The second kappa shape index (κ2) is 3.42. The maximum atomic E-state index is 6.11. The van der Waals surface area contributed by atoms with Crippen LogP contribution >= 0.6 is 0 Å². The summed E-state index contributed by atoms with van der Waals surface area (Å²) in [6, 6.07) is 8.08. The molecule has 2 rings (SSSR count). The van der Waals surface area contributed by atoms with E-state index in [1.807, 2.05) is 50.2 Å². The third-order valence-corrected chi connectivity index (χ3v) is 2.68. The number of aromatic amines is 1. The smallest absolute Gasteiger partial charge is 0.279 e. The Kier molecular flexibility index (Phi) is 2.23. The van der Waals surface area contributed by atoms with Crippen LogP contribution in [0.3, 0.4) is 0 Å². The number of hydrogen-bond donors (Lipinski definition) is 1. The first kappa shape index (κ1) is 9.77. The Morgan fingerprint density at radius 1 is 1.20 bits per heavy atom. The van der Waals surface area contributed by atoms with Gasteiger partial charge < -0.3 is 5.73 Å². The predicted molar refractivity (Wildman–Crippen MR) is 64.0 cm³/mol. The van der Waals surface area contributed by atoms with E-state index in [9.17, 15) is 0 Å². The maximum Gasteiger partial charge on any atom is 0.279 e. The second-order valence-electron chi connectivity index (χ2n) is 3.95. The zero-order valence-corrected chi connectivity index (χ0v) is 9.33. The topological polar surface area (TPSA) is 43.4 Å². The van der Waals surface area contributed by atoms with Gasteiger partial charge in [-0.2, -0.15) is 0 Å². The predicted octanol–water partition coefficient (Wildman–Crippen LogP) is 1.61. The normalized spacial score (nSPS) is 10.6. The zero-order chi connectivity index (χ0) is 11.0. The molecule has 1 aromatic carbocycles. The molecule has 0 fully saturated rings. The Labute approximate surface area is 89.5 Å². The van der Waals surface area contributed by atoms with Gasteiger partial charge in [-0.05, 0) is 19.1 Å². The fourth-order valence-corrected chi connectivity index (χ4v) is 1.83. The van der Waals surface area contributed by atoms with Gasteiger partial charge in [0.05, 0.1) is 25.3 Å². The van der Waals surface area contributed by atoms with Gasteiger partial charge in [0.25, 0.3) is 5.82 Å². The minimum absolute atomic E-state index is 0.855. The Balaban J connectivity index is 2.82. The summed E-state index contributed by atoms with van der Waals surface area (Å²) in [5, 5.41) is 1.08. The summed E-state index contributed by atoms with van der Waals surface area (Å²) in [7, 11) is 4.01. The van der Waals surface area contributed by atoms with E-state index < -0.39 is 0 Å². The van der Waals surface area contributed by atoms with Gasteiger partial charge in [-0.3, -0.25) is 4.90 Å². The van der Waals surface area contributed by atoms with E-state index in [1.54, 1.807) is 0 Å². The number of benzene rings is 1. The van der Waals surface area contributed by atoms with Gasteiger partial charge in [0.1, 0.15) is 5.52 Å². The summed E-state index contributed by atoms with van der Waals surface area (Å²) in [6.45, 7) is 2.04. The Bertz CT molecular complexity index is 503. The van der Waals surface area contributed by atoms with Gasteiger partial charge in [-0.1, -0.05) is 12.1 Å². The van der Waals surface area contributed by atoms with Gasteiger partial charge >= 0.3 is 0 Å². The van der Waals surface area contributed by atoms with Gasteiger partial charge in [0, 0.05) is 5.39 Å². The van der Waals surface area contributed by atoms with Gasteiger partial charge in [-0.25, -0.2) is 4.98 Å². The number of H-pyrrole nitrogens is 1. The van der Waals surface area contributed by atoms with Crippen molar-refractivity contribution >= 4 is 22.4 Å². The van der Waals surface area contributed by atoms with E-state index >= 15 is 0 Å². The van der Waals surface area contributed by atoms with Gasteiger partial charge in [0.15, 0.2) is 0 Å². The number of nitrogens with two attached hydrogens (primary N) is 1. The molecule has 0 spiro atoms. The molecule has 1 aromatic heterocycles. The number of nitrogen functional groups attached to an aromatic ring is 1. The molecule has 0 saturated heterocycles. The number of aromatic nitrogens is 1. The molecule has 3 nitrogen and oxygen atoms in total. The lowest BCUT2D eigenvalue weighted by atomic mass is 10.1. The molecule has 0 aliphatic carbocycles. The Morgan fingerprint density at radius 3 is 2.53 bits per heavy atom. The van der Waals surface area contributed by atoms with Crippen LogP contribution in [0.1, 0.15) is 5.56 Å². The molecule has 0 aliphatic rings. The molecular weight excluding hydrogens is 186 g/mol. The van der Waals surface area contributed by atoms with Crippen molar-refractivity contribution in [2.24, 2.45) is 0 Å². The quantitative estimate of drug-likeness (QED) is 0.763. The lowest BCUT2D eigenvalue weighted by Crippen LogP contribution is -2.23. The highest BCUT2D eigenvalue weighted by Crippen LogP contribution is 2.25. The number of hydrogen-bond acceptors (Lipinski definition) is 2. The molecule has 0 bridgehead atoms. The molecule has 1 heterocycles. The van der Waals surface area contributed by atoms with Crippen LogP contribution in [0.5, 0.6) is 0 Å². The molecular formula is C12H16N3+. The number of anilines is 2. The fourth-order valence-electron chi connectivity index (χ4n) is 1.83. The van der Waals surface area contributed by atoms with E-state index in [4.69, 9.17) is 5.73 Å². The largest absolute Gasteiger partial charge is 0.398 e. The fraction of sp³-hybridized carbons (Fsp3) is 0.250. The van der Waals surface area contributed by atoms with Gasteiger partial charge in [-0.15, -0.1) is 0 Å². The lowest BCUT2D eigenvalue weighted by Gasteiger charge is -2.10. The first-order valence-electron chi connectivity index (χ1n) is 4.98. The van der Waals surface area contributed by atoms with Crippen molar-refractivity contribution in [2.45, 2.75) is 6.92 Å². The first-order chi connectivity index (χ1) is 7.11. The molecule has 0 amide bonds. The van der Waals surface area contributed by atoms with Crippen LogP contribution in [-0.2, 0) is 0 Å². The number of nitrogens with zero attached hydrogens (tertiary/aromatic N) is 1. The molecule has 0 saturated carbocycles. The maximum absolute atomic E-state index is 6.11. The average molecular weight is 202 g/mol. The van der Waals surface area contributed by atoms with Crippen molar-refractivity contribution in [3.8, 4) is 0 Å². The van der Waals surface area contributed by atoms with E-state index in [0.29, 0.717) is 0 Å². The van der Waals surface area contributed by atoms with Crippen LogP contribution < -0.4 is 15.6 Å². The summed E-state index contributed by atoms with van der Waals surface area (Å²) in [4.78, 5) is 5.42. The molecule has 3 N–H and O–H groups in total. The minimum atomic E-state index is 0.855. The molecule has 0 atom stereocenters. The number of nitrogens with one attached hydrogen (secondary N) is 1. The Hall–Kier alpha value is -1.77. The first-order valence-corrected chi connectivity index (χ1v) is 4.98. The van der Waals surface area contributed by atoms with E-state index in [0.717, 1.165) is 28.0 Å². The van der Waals surface area contributed by atoms with Gasteiger partial charge in [0.2, 0.25) is 0 Å². The second-order valence-corrected chi connectivity index (χ2v) is 3.95. The van der Waals surface area contributed by atoms with Crippen molar-refractivity contribution < 1.29 is 4.98 Å². The Morgan fingerprint density at radius 2 is 1.87 bits per heavy atom. The number of rotatable bonds is 1. The summed E-state index contributed by atoms with van der Waals surface area (Å²) in [5.74, 6) is 1.06. The summed E-state index contributed by atoms with van der Waals surface area (Å²) in [6.07, 6.45) is 0. The van der Waals surface area contributed by atoms with E-state index in [-0.39, 0.29) is 0 Å². The number of para-hydroxylation sites is 1. The summed E-state index contributed by atoms with van der Waals surface area (Å²) < 4.78 is 0. The minimum Gasteiger partial charge on any atom is -0.398 e. The molecule has 3 heteroatoms. The van der Waals surface area contributed by atoms with Crippen LogP contribution in [0.2, 0.25) is 0 Å². The van der Waals surface area contributed by atoms with Crippen molar-refractivity contribution in [3.63, 3.8) is 0 Å². The molecule has 78 valence electrons. The van der Waals surface area contributed by atoms with Crippen LogP contribution in [0, 0.1) is 6.92 Å². The van der Waals surface area contributed by atoms with E-state index in [1.165, 1.54) is 0 Å². The monoisotopic (exact) mass is 202 g/mol. The SMILES string of the molecule is Cc1c(N(C)C)[nH+]c2ccccc2c1N. The van der Waals surface area contributed by atoms with Crippen molar-refractivity contribution in [3.05, 3.63) is 29.8 Å². The number of fused-ring (bicyclic) bond motifs is 1. The highest BCUT2D eigenvalue weighted by Gasteiger charge is 2.15. The van der Waals surface area contributed by atoms with Crippen LogP contribution in [-0.4, -0.2) is 14.1 Å². The summed E-state index contributed by atoms with van der Waals surface area (Å²) in [5.41, 5.74) is 9.13. The average Bonchev–Trinajstić information content (AvgIpc) is 2.23. The van der Waals surface area contributed by atoms with Crippen LogP contribution in [0.15, 0.2) is 24.3 Å². The van der Waals surface area contributed by atoms with Crippen molar-refractivity contribution in [1.29, 1.82) is 0 Å². The molecule has 2 aromatic rings. The molecule has 0 radical (unpaired) electrons. The van der Waals surface area contributed by atoms with Crippen LogP contribution in [0.4, 0.5) is 11.5 Å². The van der Waals surface area contributed by atoms with E-state index in [2.05, 4.69) is 4.98 Å². The lowest BCUT2D eigenvalue weighted by molar-refractivity contribution is -0.330. The zero-order valence-electron chi connectivity index (χ0n) is 9.33. The molecule has 15 heavy (non-hydrogen) atoms. The highest BCUT2D eigenvalue weighted by atomic mass is 15.1.